The molecular formula is C14H24N2O4. The average molecular weight is 284 g/mol. The summed E-state index contributed by atoms with van der Waals surface area (Å²) in [7, 11) is 0. The standard InChI is InChI=1S/C14H24N2O4/c1-2-3-7-11(14(19)20)15-12(17)10-16-9-6-4-5-8-13(16)18/h11H,2-10H2,1H3,(H,15,17)(H,19,20)/t11-/m0/s1. The summed E-state index contributed by atoms with van der Waals surface area (Å²) in [5.41, 5.74) is 0. The number of amides is 2. The molecule has 0 aromatic rings. The lowest BCUT2D eigenvalue weighted by atomic mass is 10.1. The number of unbranched alkanes of at least 4 members (excludes halogenated alkanes) is 1. The molecular weight excluding hydrogens is 260 g/mol. The summed E-state index contributed by atoms with van der Waals surface area (Å²) in [5.74, 6) is -1.42. The van der Waals surface area contributed by atoms with Gasteiger partial charge in [-0.25, -0.2) is 4.79 Å². The van der Waals surface area contributed by atoms with Crippen LogP contribution in [0.4, 0.5) is 0 Å². The van der Waals surface area contributed by atoms with Crippen molar-refractivity contribution in [3.8, 4) is 0 Å². The number of likely N-dealkylation sites (tertiary alicyclic amines) is 1. The second-order valence-corrected chi connectivity index (χ2v) is 5.23. The second-order valence-electron chi connectivity index (χ2n) is 5.23. The van der Waals surface area contributed by atoms with Crippen LogP contribution in [0, 0.1) is 0 Å². The maximum Gasteiger partial charge on any atom is 0.326 e. The molecule has 1 rings (SSSR count). The van der Waals surface area contributed by atoms with Crippen LogP contribution < -0.4 is 5.32 Å². The SMILES string of the molecule is CCCC[C@H](NC(=O)CN1CCCCCC1=O)C(=O)O. The highest BCUT2D eigenvalue weighted by atomic mass is 16.4. The number of carbonyl (C=O) groups excluding carboxylic acids is 2. The first-order chi connectivity index (χ1) is 9.54. The Labute approximate surface area is 119 Å². The Morgan fingerprint density at radius 3 is 2.75 bits per heavy atom. The van der Waals surface area contributed by atoms with Gasteiger partial charge in [-0.1, -0.05) is 26.2 Å². The molecule has 114 valence electrons. The van der Waals surface area contributed by atoms with Crippen LogP contribution in [0.5, 0.6) is 0 Å². The molecule has 0 aromatic carbocycles. The van der Waals surface area contributed by atoms with Gasteiger partial charge in [-0.15, -0.1) is 0 Å². The van der Waals surface area contributed by atoms with Crippen molar-refractivity contribution >= 4 is 17.8 Å². The van der Waals surface area contributed by atoms with Crippen molar-refractivity contribution in [1.82, 2.24) is 10.2 Å². The number of nitrogens with zero attached hydrogens (tertiary/aromatic N) is 1. The van der Waals surface area contributed by atoms with Gasteiger partial charge >= 0.3 is 5.97 Å². The Hall–Kier alpha value is -1.59. The fourth-order valence-corrected chi connectivity index (χ4v) is 2.28. The van der Waals surface area contributed by atoms with E-state index in [0.717, 1.165) is 32.1 Å². The van der Waals surface area contributed by atoms with Crippen LogP contribution in [0.3, 0.4) is 0 Å². The molecule has 1 atom stereocenters. The first-order valence-corrected chi connectivity index (χ1v) is 7.34. The topological polar surface area (TPSA) is 86.7 Å². The molecule has 1 saturated heterocycles. The maximum absolute atomic E-state index is 11.9. The third-order valence-electron chi connectivity index (χ3n) is 3.49. The lowest BCUT2D eigenvalue weighted by molar-refractivity contribution is -0.142. The average Bonchev–Trinajstić information content (AvgIpc) is 2.59. The fraction of sp³-hybridized carbons (Fsp3) is 0.786. The van der Waals surface area contributed by atoms with Crippen LogP contribution in [0.2, 0.25) is 0 Å². The van der Waals surface area contributed by atoms with E-state index < -0.39 is 12.0 Å². The maximum atomic E-state index is 11.9. The molecule has 0 radical (unpaired) electrons. The van der Waals surface area contributed by atoms with E-state index >= 15 is 0 Å². The second kappa shape index (κ2) is 8.55. The minimum Gasteiger partial charge on any atom is -0.480 e. The van der Waals surface area contributed by atoms with Gasteiger partial charge in [-0.3, -0.25) is 9.59 Å². The summed E-state index contributed by atoms with van der Waals surface area (Å²) in [5, 5.41) is 11.6. The minimum atomic E-state index is -1.02. The lowest BCUT2D eigenvalue weighted by Gasteiger charge is -2.21. The Balaban J connectivity index is 2.47. The van der Waals surface area contributed by atoms with Gasteiger partial charge in [0.15, 0.2) is 0 Å². The van der Waals surface area contributed by atoms with Gasteiger partial charge in [0, 0.05) is 13.0 Å². The van der Waals surface area contributed by atoms with Crippen molar-refractivity contribution in [2.75, 3.05) is 13.1 Å². The molecule has 0 aliphatic carbocycles. The highest BCUT2D eigenvalue weighted by molar-refractivity contribution is 5.88. The van der Waals surface area contributed by atoms with Crippen molar-refractivity contribution in [2.45, 2.75) is 57.9 Å². The molecule has 2 amide bonds. The van der Waals surface area contributed by atoms with Gasteiger partial charge in [-0.05, 0) is 19.3 Å². The summed E-state index contributed by atoms with van der Waals surface area (Å²) in [6.07, 6.45) is 5.29. The predicted molar refractivity (Wildman–Crippen MR) is 74.1 cm³/mol. The third-order valence-corrected chi connectivity index (χ3v) is 3.49. The number of nitrogens with one attached hydrogen (secondary N) is 1. The molecule has 0 saturated carbocycles. The van der Waals surface area contributed by atoms with Gasteiger partial charge in [0.2, 0.25) is 11.8 Å². The summed E-state index contributed by atoms with van der Waals surface area (Å²) in [4.78, 5) is 36.2. The highest BCUT2D eigenvalue weighted by Crippen LogP contribution is 2.10. The summed E-state index contributed by atoms with van der Waals surface area (Å²) in [6.45, 7) is 2.52. The smallest absolute Gasteiger partial charge is 0.326 e. The van der Waals surface area contributed by atoms with E-state index in [1.807, 2.05) is 6.92 Å². The Morgan fingerprint density at radius 1 is 1.35 bits per heavy atom. The Bertz CT molecular complexity index is 357. The zero-order valence-corrected chi connectivity index (χ0v) is 12.1. The van der Waals surface area contributed by atoms with E-state index in [4.69, 9.17) is 5.11 Å². The minimum absolute atomic E-state index is 0.0157. The highest BCUT2D eigenvalue weighted by Gasteiger charge is 2.23. The quantitative estimate of drug-likeness (QED) is 0.734. The summed E-state index contributed by atoms with van der Waals surface area (Å²) < 4.78 is 0. The van der Waals surface area contributed by atoms with E-state index in [-0.39, 0.29) is 18.4 Å². The number of carbonyl (C=O) groups is 3. The number of hydrogen-bond donors (Lipinski definition) is 2. The van der Waals surface area contributed by atoms with E-state index in [1.54, 1.807) is 0 Å². The first kappa shape index (κ1) is 16.5. The molecule has 1 aliphatic heterocycles. The molecule has 2 N–H and O–H groups in total. The number of aliphatic carboxylic acids is 1. The van der Waals surface area contributed by atoms with Gasteiger partial charge in [0.25, 0.3) is 0 Å². The zero-order valence-electron chi connectivity index (χ0n) is 12.1. The molecule has 0 spiro atoms. The normalized spacial score (nSPS) is 17.4. The number of rotatable bonds is 7. The molecule has 20 heavy (non-hydrogen) atoms. The Kier molecular flexibility index (Phi) is 7.04. The van der Waals surface area contributed by atoms with Crippen LogP contribution in [0.1, 0.15) is 51.9 Å². The lowest BCUT2D eigenvalue weighted by Crippen LogP contribution is -2.46. The van der Waals surface area contributed by atoms with E-state index in [1.165, 1.54) is 4.90 Å². The molecule has 6 heteroatoms. The van der Waals surface area contributed by atoms with Crippen LogP contribution >= 0.6 is 0 Å². The molecule has 0 aromatic heterocycles. The van der Waals surface area contributed by atoms with Gasteiger partial charge < -0.3 is 15.3 Å². The molecule has 1 aliphatic rings. The molecule has 1 heterocycles. The molecule has 6 nitrogen and oxygen atoms in total. The first-order valence-electron chi connectivity index (χ1n) is 7.34. The number of hydrogen-bond acceptors (Lipinski definition) is 3. The summed E-state index contributed by atoms with van der Waals surface area (Å²) in [6, 6.07) is -0.857. The van der Waals surface area contributed by atoms with Crippen LogP contribution in [0.15, 0.2) is 0 Å². The van der Waals surface area contributed by atoms with Gasteiger partial charge in [-0.2, -0.15) is 0 Å². The molecule has 1 fully saturated rings. The van der Waals surface area contributed by atoms with E-state index in [0.29, 0.717) is 19.4 Å². The molecule has 0 unspecified atom stereocenters. The number of carboxylic acids is 1. The van der Waals surface area contributed by atoms with E-state index in [2.05, 4.69) is 5.32 Å². The summed E-state index contributed by atoms with van der Waals surface area (Å²) >= 11 is 0. The van der Waals surface area contributed by atoms with Crippen molar-refractivity contribution in [2.24, 2.45) is 0 Å². The fourth-order valence-electron chi connectivity index (χ4n) is 2.28. The van der Waals surface area contributed by atoms with Crippen molar-refractivity contribution < 1.29 is 19.5 Å². The van der Waals surface area contributed by atoms with Gasteiger partial charge in [0.1, 0.15) is 6.04 Å². The van der Waals surface area contributed by atoms with Crippen molar-refractivity contribution in [3.05, 3.63) is 0 Å². The monoisotopic (exact) mass is 284 g/mol. The molecule has 0 bridgehead atoms. The van der Waals surface area contributed by atoms with Gasteiger partial charge in [0.05, 0.1) is 6.54 Å². The Morgan fingerprint density at radius 2 is 2.10 bits per heavy atom. The third kappa shape index (κ3) is 5.59. The largest absolute Gasteiger partial charge is 0.480 e. The van der Waals surface area contributed by atoms with Crippen LogP contribution in [-0.4, -0.2) is 46.9 Å². The number of carboxylic acid groups (broad SMARTS) is 1. The predicted octanol–water partition coefficient (Wildman–Crippen LogP) is 1.15. The van der Waals surface area contributed by atoms with Crippen LogP contribution in [-0.2, 0) is 14.4 Å². The zero-order chi connectivity index (χ0) is 15.0. The van der Waals surface area contributed by atoms with Crippen LogP contribution in [0.25, 0.3) is 0 Å². The van der Waals surface area contributed by atoms with E-state index in [9.17, 15) is 14.4 Å². The van der Waals surface area contributed by atoms with Crippen molar-refractivity contribution in [1.29, 1.82) is 0 Å². The van der Waals surface area contributed by atoms with Crippen molar-refractivity contribution in [3.63, 3.8) is 0 Å².